The fraction of sp³-hybridized carbons (Fsp3) is 0.538. The van der Waals surface area contributed by atoms with Crippen LogP contribution in [0.1, 0.15) is 26.5 Å². The number of nitrogens with one attached hydrogen (secondary N) is 1. The maximum absolute atomic E-state index is 12.0. The van der Waals surface area contributed by atoms with E-state index in [-0.39, 0.29) is 11.2 Å². The Morgan fingerprint density at radius 1 is 1.48 bits per heavy atom. The second kappa shape index (κ2) is 7.26. The Hall–Kier alpha value is -1.83. The highest BCUT2D eigenvalue weighted by atomic mass is 32.2. The van der Waals surface area contributed by atoms with E-state index in [0.29, 0.717) is 24.2 Å². The van der Waals surface area contributed by atoms with E-state index >= 15 is 0 Å². The van der Waals surface area contributed by atoms with Crippen LogP contribution in [0.2, 0.25) is 0 Å². The Balaban J connectivity index is 1.93. The number of tetrazole rings is 1. The van der Waals surface area contributed by atoms with Crippen LogP contribution >= 0.6 is 11.8 Å². The van der Waals surface area contributed by atoms with Gasteiger partial charge in [0.15, 0.2) is 0 Å². The number of hydrogen-bond donors (Lipinski definition) is 1. The monoisotopic (exact) mass is 309 g/mol. The first-order valence-electron chi connectivity index (χ1n) is 6.79. The molecule has 1 amide bonds. The minimum absolute atomic E-state index is 0.0127. The lowest BCUT2D eigenvalue weighted by Gasteiger charge is -2.12. The minimum atomic E-state index is -0.259. The lowest BCUT2D eigenvalue weighted by atomic mass is 10.2. The van der Waals surface area contributed by atoms with Gasteiger partial charge in [-0.3, -0.25) is 4.79 Å². The van der Waals surface area contributed by atoms with Crippen LogP contribution in [0.15, 0.2) is 28.0 Å². The van der Waals surface area contributed by atoms with Gasteiger partial charge in [0, 0.05) is 6.54 Å². The van der Waals surface area contributed by atoms with Gasteiger partial charge in [-0.25, -0.2) is 4.68 Å². The molecular weight excluding hydrogens is 290 g/mol. The van der Waals surface area contributed by atoms with Crippen molar-refractivity contribution in [3.05, 3.63) is 24.2 Å². The molecule has 0 fully saturated rings. The Bertz CT molecular complexity index is 567. The number of hydrogen-bond acceptors (Lipinski definition) is 6. The summed E-state index contributed by atoms with van der Waals surface area (Å²) in [7, 11) is 0. The van der Waals surface area contributed by atoms with Crippen molar-refractivity contribution in [1.82, 2.24) is 25.5 Å². The number of carbonyl (C=O) groups excluding carboxylic acids is 1. The predicted octanol–water partition coefficient (Wildman–Crippen LogP) is 1.57. The highest BCUT2D eigenvalue weighted by Crippen LogP contribution is 2.21. The normalized spacial score (nSPS) is 12.6. The van der Waals surface area contributed by atoms with Gasteiger partial charge in [-0.15, -0.1) is 5.10 Å². The molecule has 0 saturated carbocycles. The smallest absolute Gasteiger partial charge is 0.233 e. The zero-order valence-electron chi connectivity index (χ0n) is 12.3. The van der Waals surface area contributed by atoms with E-state index in [0.717, 1.165) is 5.76 Å². The third-order valence-corrected chi connectivity index (χ3v) is 3.79. The molecule has 0 aliphatic carbocycles. The van der Waals surface area contributed by atoms with E-state index < -0.39 is 0 Å². The number of carbonyl (C=O) groups is 1. The van der Waals surface area contributed by atoms with Crippen LogP contribution in [0.5, 0.6) is 0 Å². The van der Waals surface area contributed by atoms with Gasteiger partial charge in [-0.1, -0.05) is 25.6 Å². The summed E-state index contributed by atoms with van der Waals surface area (Å²) in [6, 6.07) is 3.67. The topological polar surface area (TPSA) is 85.8 Å². The van der Waals surface area contributed by atoms with Crippen molar-refractivity contribution in [2.24, 2.45) is 5.92 Å². The fourth-order valence-electron chi connectivity index (χ4n) is 1.59. The van der Waals surface area contributed by atoms with Crippen LogP contribution < -0.4 is 5.32 Å². The quantitative estimate of drug-likeness (QED) is 0.781. The number of aromatic nitrogens is 4. The molecule has 7 nitrogen and oxygen atoms in total. The summed E-state index contributed by atoms with van der Waals surface area (Å²) in [4.78, 5) is 12.0. The molecule has 114 valence electrons. The average molecular weight is 309 g/mol. The van der Waals surface area contributed by atoms with Crippen LogP contribution in [0.3, 0.4) is 0 Å². The molecule has 0 saturated heterocycles. The van der Waals surface area contributed by atoms with E-state index in [9.17, 15) is 4.79 Å². The molecule has 0 aromatic carbocycles. The summed E-state index contributed by atoms with van der Waals surface area (Å²) in [6.45, 7) is 7.07. The number of nitrogens with zero attached hydrogens (tertiary/aromatic N) is 4. The zero-order chi connectivity index (χ0) is 15.2. The summed E-state index contributed by atoms with van der Waals surface area (Å²) in [5.74, 6) is 1.18. The Kier molecular flexibility index (Phi) is 5.38. The maximum atomic E-state index is 12.0. The van der Waals surface area contributed by atoms with Crippen LogP contribution in [-0.4, -0.2) is 37.9 Å². The van der Waals surface area contributed by atoms with Gasteiger partial charge < -0.3 is 9.73 Å². The molecule has 2 heterocycles. The lowest BCUT2D eigenvalue weighted by Crippen LogP contribution is -2.33. The molecule has 1 unspecified atom stereocenters. The van der Waals surface area contributed by atoms with Crippen LogP contribution in [-0.2, 0) is 11.3 Å². The number of rotatable bonds is 7. The number of furan rings is 1. The molecular formula is C13H19N5O2S. The van der Waals surface area contributed by atoms with E-state index in [1.54, 1.807) is 10.9 Å². The maximum Gasteiger partial charge on any atom is 0.233 e. The second-order valence-electron chi connectivity index (χ2n) is 5.10. The molecule has 0 spiro atoms. The molecule has 2 aromatic rings. The van der Waals surface area contributed by atoms with E-state index in [2.05, 4.69) is 34.7 Å². The molecule has 2 rings (SSSR count). The average Bonchev–Trinajstić information content (AvgIpc) is 3.09. The molecule has 0 radical (unpaired) electrons. The summed E-state index contributed by atoms with van der Waals surface area (Å²) < 4.78 is 6.89. The highest BCUT2D eigenvalue weighted by Gasteiger charge is 2.18. The second-order valence-corrected chi connectivity index (χ2v) is 6.41. The van der Waals surface area contributed by atoms with Crippen LogP contribution in [0.25, 0.3) is 0 Å². The largest absolute Gasteiger partial charge is 0.467 e. The van der Waals surface area contributed by atoms with Crippen LogP contribution in [0, 0.1) is 5.92 Å². The van der Waals surface area contributed by atoms with Gasteiger partial charge in [0.05, 0.1) is 11.5 Å². The molecule has 1 atom stereocenters. The summed E-state index contributed by atoms with van der Waals surface area (Å²) in [6.07, 6.45) is 1.61. The summed E-state index contributed by atoms with van der Waals surface area (Å²) in [5, 5.41) is 14.8. The fourth-order valence-corrected chi connectivity index (χ4v) is 2.40. The Morgan fingerprint density at radius 2 is 2.29 bits per heavy atom. The molecule has 0 aliphatic rings. The van der Waals surface area contributed by atoms with E-state index in [4.69, 9.17) is 4.42 Å². The molecule has 1 N–H and O–H groups in total. The SMILES string of the molecule is CC(C)CNC(=O)C(C)Sc1nnnn1Cc1ccco1. The van der Waals surface area contributed by atoms with Crippen molar-refractivity contribution in [3.8, 4) is 0 Å². The third-order valence-electron chi connectivity index (χ3n) is 2.72. The Labute approximate surface area is 127 Å². The Morgan fingerprint density at radius 3 is 2.95 bits per heavy atom. The predicted molar refractivity (Wildman–Crippen MR) is 78.8 cm³/mol. The first-order valence-corrected chi connectivity index (χ1v) is 7.67. The summed E-state index contributed by atoms with van der Waals surface area (Å²) >= 11 is 1.33. The highest BCUT2D eigenvalue weighted by molar-refractivity contribution is 8.00. The van der Waals surface area contributed by atoms with Crippen LogP contribution in [0.4, 0.5) is 0 Å². The van der Waals surface area contributed by atoms with Crippen molar-refractivity contribution >= 4 is 17.7 Å². The van der Waals surface area contributed by atoms with Crippen molar-refractivity contribution in [3.63, 3.8) is 0 Å². The van der Waals surface area contributed by atoms with Gasteiger partial charge in [-0.2, -0.15) is 0 Å². The standard InChI is InChI=1S/C13H19N5O2S/c1-9(2)7-14-12(19)10(3)21-13-15-16-17-18(13)8-11-5-4-6-20-11/h4-6,9-10H,7-8H2,1-3H3,(H,14,19). The van der Waals surface area contributed by atoms with E-state index in [1.165, 1.54) is 11.8 Å². The first kappa shape index (κ1) is 15.6. The van der Waals surface area contributed by atoms with Crippen molar-refractivity contribution in [2.75, 3.05) is 6.54 Å². The van der Waals surface area contributed by atoms with Gasteiger partial charge in [0.1, 0.15) is 12.3 Å². The van der Waals surface area contributed by atoms with Crippen molar-refractivity contribution in [2.45, 2.75) is 37.7 Å². The van der Waals surface area contributed by atoms with Gasteiger partial charge in [-0.05, 0) is 35.4 Å². The summed E-state index contributed by atoms with van der Waals surface area (Å²) in [5.41, 5.74) is 0. The van der Waals surface area contributed by atoms with Crippen molar-refractivity contribution < 1.29 is 9.21 Å². The molecule has 2 aromatic heterocycles. The van der Waals surface area contributed by atoms with Gasteiger partial charge in [0.2, 0.25) is 11.1 Å². The van der Waals surface area contributed by atoms with Crippen molar-refractivity contribution in [1.29, 1.82) is 0 Å². The minimum Gasteiger partial charge on any atom is -0.467 e. The lowest BCUT2D eigenvalue weighted by molar-refractivity contribution is -0.120. The first-order chi connectivity index (χ1) is 10.1. The zero-order valence-corrected chi connectivity index (χ0v) is 13.1. The molecule has 0 aliphatic heterocycles. The van der Waals surface area contributed by atoms with Gasteiger partial charge >= 0.3 is 0 Å². The third kappa shape index (κ3) is 4.59. The van der Waals surface area contributed by atoms with Gasteiger partial charge in [0.25, 0.3) is 0 Å². The molecule has 8 heteroatoms. The number of amides is 1. The number of thioether (sulfide) groups is 1. The van der Waals surface area contributed by atoms with E-state index in [1.807, 2.05) is 19.1 Å². The molecule has 0 bridgehead atoms. The molecule has 21 heavy (non-hydrogen) atoms.